The van der Waals surface area contributed by atoms with Gasteiger partial charge in [0, 0.05) is 5.69 Å². The van der Waals surface area contributed by atoms with Crippen LogP contribution in [0.5, 0.6) is 0 Å². The van der Waals surface area contributed by atoms with Gasteiger partial charge in [0.25, 0.3) is 5.91 Å². The third kappa shape index (κ3) is 4.37. The molecule has 0 atom stereocenters. The molecule has 0 aliphatic carbocycles. The maximum absolute atomic E-state index is 11.9. The molecular formula is C15H11Cl3N2O2. The van der Waals surface area contributed by atoms with E-state index in [1.165, 1.54) is 6.07 Å². The molecule has 0 aliphatic rings. The third-order valence-corrected chi connectivity index (χ3v) is 3.80. The summed E-state index contributed by atoms with van der Waals surface area (Å²) >= 11 is 17.6. The molecule has 0 unspecified atom stereocenters. The van der Waals surface area contributed by atoms with Gasteiger partial charge in [0.15, 0.2) is 0 Å². The van der Waals surface area contributed by atoms with Gasteiger partial charge in [-0.05, 0) is 30.3 Å². The van der Waals surface area contributed by atoms with Crippen LogP contribution in [0.2, 0.25) is 15.1 Å². The van der Waals surface area contributed by atoms with Crippen molar-refractivity contribution < 1.29 is 9.59 Å². The summed E-state index contributed by atoms with van der Waals surface area (Å²) in [5.41, 5.74) is 0.804. The van der Waals surface area contributed by atoms with Gasteiger partial charge in [-0.15, -0.1) is 0 Å². The Morgan fingerprint density at radius 1 is 0.909 bits per heavy atom. The van der Waals surface area contributed by atoms with E-state index < -0.39 is 11.8 Å². The number of amides is 2. The van der Waals surface area contributed by atoms with Crippen LogP contribution in [0.25, 0.3) is 0 Å². The zero-order chi connectivity index (χ0) is 16.1. The summed E-state index contributed by atoms with van der Waals surface area (Å²) in [6.07, 6.45) is 0. The van der Waals surface area contributed by atoms with E-state index in [1.54, 1.807) is 36.4 Å². The van der Waals surface area contributed by atoms with Crippen molar-refractivity contribution in [2.45, 2.75) is 0 Å². The Morgan fingerprint density at radius 3 is 2.32 bits per heavy atom. The minimum Gasteiger partial charge on any atom is -0.343 e. The molecule has 0 spiro atoms. The van der Waals surface area contributed by atoms with Gasteiger partial charge in [-0.2, -0.15) is 0 Å². The van der Waals surface area contributed by atoms with Crippen molar-refractivity contribution in [3.05, 3.63) is 63.1 Å². The monoisotopic (exact) mass is 356 g/mol. The molecule has 0 fully saturated rings. The lowest BCUT2D eigenvalue weighted by molar-refractivity contribution is -0.115. The van der Waals surface area contributed by atoms with Crippen molar-refractivity contribution in [3.63, 3.8) is 0 Å². The van der Waals surface area contributed by atoms with Crippen LogP contribution < -0.4 is 10.6 Å². The number of carbonyl (C=O) groups is 2. The van der Waals surface area contributed by atoms with E-state index in [9.17, 15) is 9.59 Å². The lowest BCUT2D eigenvalue weighted by Crippen LogP contribution is -2.33. The Kier molecular flexibility index (Phi) is 5.66. The van der Waals surface area contributed by atoms with Crippen LogP contribution in [-0.2, 0) is 4.79 Å². The molecule has 0 bridgehead atoms. The lowest BCUT2D eigenvalue weighted by Gasteiger charge is -2.08. The number of hydrogen-bond acceptors (Lipinski definition) is 2. The van der Waals surface area contributed by atoms with E-state index >= 15 is 0 Å². The number of benzene rings is 2. The zero-order valence-electron chi connectivity index (χ0n) is 11.2. The van der Waals surface area contributed by atoms with Gasteiger partial charge in [0.05, 0.1) is 27.2 Å². The number of rotatable bonds is 4. The standard InChI is InChI=1S/C15H11Cl3N2O2/c16-11-4-2-1-3-10(11)15(22)19-8-14(21)20-9-5-6-12(17)13(18)7-9/h1-7H,8H2,(H,19,22)(H,20,21). The summed E-state index contributed by atoms with van der Waals surface area (Å²) in [7, 11) is 0. The van der Waals surface area contributed by atoms with Gasteiger partial charge in [-0.25, -0.2) is 0 Å². The first-order valence-corrected chi connectivity index (χ1v) is 7.38. The van der Waals surface area contributed by atoms with Gasteiger partial charge >= 0.3 is 0 Å². The van der Waals surface area contributed by atoms with Crippen molar-refractivity contribution >= 4 is 52.3 Å². The first kappa shape index (κ1) is 16.6. The third-order valence-electron chi connectivity index (χ3n) is 2.73. The highest BCUT2D eigenvalue weighted by molar-refractivity contribution is 6.42. The van der Waals surface area contributed by atoms with Gasteiger partial charge in [0.2, 0.25) is 5.91 Å². The van der Waals surface area contributed by atoms with Crippen LogP contribution >= 0.6 is 34.8 Å². The molecule has 0 saturated carbocycles. The number of anilines is 1. The van der Waals surface area contributed by atoms with Crippen molar-refractivity contribution in [2.75, 3.05) is 11.9 Å². The molecule has 7 heteroatoms. The summed E-state index contributed by atoms with van der Waals surface area (Å²) in [5.74, 6) is -0.811. The Labute approximate surface area is 142 Å². The van der Waals surface area contributed by atoms with Crippen molar-refractivity contribution in [1.29, 1.82) is 0 Å². The van der Waals surface area contributed by atoms with E-state index in [-0.39, 0.29) is 6.54 Å². The highest BCUT2D eigenvalue weighted by Crippen LogP contribution is 2.24. The van der Waals surface area contributed by atoms with Crippen LogP contribution in [0.3, 0.4) is 0 Å². The molecule has 22 heavy (non-hydrogen) atoms. The van der Waals surface area contributed by atoms with Crippen LogP contribution in [0.4, 0.5) is 5.69 Å². The molecule has 2 rings (SSSR count). The van der Waals surface area contributed by atoms with E-state index in [0.29, 0.717) is 26.3 Å². The Morgan fingerprint density at radius 2 is 1.64 bits per heavy atom. The average molecular weight is 358 g/mol. The molecule has 2 N–H and O–H groups in total. The van der Waals surface area contributed by atoms with Crippen molar-refractivity contribution in [2.24, 2.45) is 0 Å². The molecule has 2 amide bonds. The predicted octanol–water partition coefficient (Wildman–Crippen LogP) is 4.02. The summed E-state index contributed by atoms with van der Waals surface area (Å²) in [6.45, 7) is -0.190. The number of halogens is 3. The second-order valence-electron chi connectivity index (χ2n) is 4.34. The van der Waals surface area contributed by atoms with Crippen LogP contribution in [0.15, 0.2) is 42.5 Å². The second-order valence-corrected chi connectivity index (χ2v) is 5.56. The van der Waals surface area contributed by atoms with E-state index in [4.69, 9.17) is 34.8 Å². The quantitative estimate of drug-likeness (QED) is 0.868. The minimum absolute atomic E-state index is 0.190. The fourth-order valence-electron chi connectivity index (χ4n) is 1.68. The Bertz CT molecular complexity index is 720. The topological polar surface area (TPSA) is 58.2 Å². The summed E-state index contributed by atoms with van der Waals surface area (Å²) in [4.78, 5) is 23.7. The second kappa shape index (κ2) is 7.49. The molecule has 0 heterocycles. The SMILES string of the molecule is O=C(CNC(=O)c1ccccc1Cl)Nc1ccc(Cl)c(Cl)c1. The normalized spacial score (nSPS) is 10.1. The van der Waals surface area contributed by atoms with Crippen molar-refractivity contribution in [1.82, 2.24) is 5.32 Å². The number of carbonyl (C=O) groups excluding carboxylic acids is 2. The summed E-state index contributed by atoms with van der Waals surface area (Å²) < 4.78 is 0. The molecule has 0 aromatic heterocycles. The zero-order valence-corrected chi connectivity index (χ0v) is 13.5. The number of nitrogens with one attached hydrogen (secondary N) is 2. The maximum Gasteiger partial charge on any atom is 0.253 e. The molecule has 0 saturated heterocycles. The largest absolute Gasteiger partial charge is 0.343 e. The smallest absolute Gasteiger partial charge is 0.253 e. The average Bonchev–Trinajstić information content (AvgIpc) is 2.49. The van der Waals surface area contributed by atoms with E-state index in [0.717, 1.165) is 0 Å². The predicted molar refractivity (Wildman–Crippen MR) is 88.9 cm³/mol. The first-order chi connectivity index (χ1) is 10.5. The Hall–Kier alpha value is -1.75. The van der Waals surface area contributed by atoms with Gasteiger partial charge in [-0.3, -0.25) is 9.59 Å². The highest BCUT2D eigenvalue weighted by Gasteiger charge is 2.11. The van der Waals surface area contributed by atoms with Crippen molar-refractivity contribution in [3.8, 4) is 0 Å². The van der Waals surface area contributed by atoms with Gasteiger partial charge in [0.1, 0.15) is 0 Å². The van der Waals surface area contributed by atoms with Crippen LogP contribution in [0, 0.1) is 0 Å². The maximum atomic E-state index is 11.9. The van der Waals surface area contributed by atoms with E-state index in [1.807, 2.05) is 0 Å². The molecule has 0 radical (unpaired) electrons. The lowest BCUT2D eigenvalue weighted by atomic mass is 10.2. The Balaban J connectivity index is 1.91. The molecule has 2 aromatic rings. The summed E-state index contributed by atoms with van der Waals surface area (Å²) in [5, 5.41) is 6.14. The molecule has 114 valence electrons. The fourth-order valence-corrected chi connectivity index (χ4v) is 2.20. The van der Waals surface area contributed by atoms with Crippen LogP contribution in [-0.4, -0.2) is 18.4 Å². The highest BCUT2D eigenvalue weighted by atomic mass is 35.5. The molecular weight excluding hydrogens is 347 g/mol. The molecule has 4 nitrogen and oxygen atoms in total. The minimum atomic E-state index is -0.421. The van der Waals surface area contributed by atoms with Gasteiger partial charge in [-0.1, -0.05) is 46.9 Å². The van der Waals surface area contributed by atoms with Crippen LogP contribution in [0.1, 0.15) is 10.4 Å². The molecule has 0 aliphatic heterocycles. The fraction of sp³-hybridized carbons (Fsp3) is 0.0667. The van der Waals surface area contributed by atoms with E-state index in [2.05, 4.69) is 10.6 Å². The first-order valence-electron chi connectivity index (χ1n) is 6.25. The van der Waals surface area contributed by atoms with Gasteiger partial charge < -0.3 is 10.6 Å². The molecule has 2 aromatic carbocycles. The summed E-state index contributed by atoms with van der Waals surface area (Å²) in [6, 6.07) is 11.3. The number of hydrogen-bond donors (Lipinski definition) is 2.